The van der Waals surface area contributed by atoms with Crippen molar-refractivity contribution in [3.05, 3.63) is 11.6 Å². The first-order valence-corrected chi connectivity index (χ1v) is 7.36. The van der Waals surface area contributed by atoms with Gasteiger partial charge < -0.3 is 15.3 Å². The van der Waals surface area contributed by atoms with Crippen LogP contribution in [0.15, 0.2) is 11.6 Å². The molecule has 0 saturated carbocycles. The summed E-state index contributed by atoms with van der Waals surface area (Å²) in [7, 11) is 0. The lowest BCUT2D eigenvalue weighted by Gasteiger charge is -2.27. The average Bonchev–Trinajstić information content (AvgIpc) is 2.34. The molecule has 6 heteroatoms. The number of carbonyl (C=O) groups excluding carboxylic acids is 1. The molecule has 0 aromatic heterocycles. The maximum absolute atomic E-state index is 11.9. The average molecular weight is 272 g/mol. The van der Waals surface area contributed by atoms with Crippen molar-refractivity contribution in [3.8, 4) is 0 Å². The molecule has 102 valence electrons. The molecule has 18 heavy (non-hydrogen) atoms. The Labute approximate surface area is 112 Å². The molecule has 0 radical (unpaired) electrons. The van der Waals surface area contributed by atoms with Crippen LogP contribution in [0.4, 0.5) is 4.79 Å². The summed E-state index contributed by atoms with van der Waals surface area (Å²) in [4.78, 5) is 24.6. The predicted octanol–water partition coefficient (Wildman–Crippen LogP) is 1.55. The zero-order valence-corrected chi connectivity index (χ0v) is 11.6. The largest absolute Gasteiger partial charge is 0.480 e. The quantitative estimate of drug-likeness (QED) is 0.745. The highest BCUT2D eigenvalue weighted by atomic mass is 32.2. The van der Waals surface area contributed by atoms with Gasteiger partial charge >= 0.3 is 12.0 Å². The summed E-state index contributed by atoms with van der Waals surface area (Å²) in [6.45, 7) is 3.25. The molecule has 0 aliphatic carbocycles. The minimum Gasteiger partial charge on any atom is -0.480 e. The first kappa shape index (κ1) is 14.9. The molecule has 2 N–H and O–H groups in total. The molecular formula is C12H20N2O3S. The van der Waals surface area contributed by atoms with E-state index in [1.54, 1.807) is 16.7 Å². The highest BCUT2D eigenvalue weighted by Crippen LogP contribution is 2.10. The van der Waals surface area contributed by atoms with E-state index in [4.69, 9.17) is 5.11 Å². The molecule has 2 amide bonds. The van der Waals surface area contributed by atoms with Crippen LogP contribution in [0.5, 0.6) is 0 Å². The SMILES string of the molecule is CSCCC(NC(=O)N1CC=C(C)CC1)C(=O)O. The van der Waals surface area contributed by atoms with Crippen LogP contribution in [0.1, 0.15) is 19.8 Å². The van der Waals surface area contributed by atoms with Crippen molar-refractivity contribution in [2.24, 2.45) is 0 Å². The second-order valence-corrected chi connectivity index (χ2v) is 5.35. The third-order valence-electron chi connectivity index (χ3n) is 2.93. The Morgan fingerprint density at radius 2 is 2.33 bits per heavy atom. The summed E-state index contributed by atoms with van der Waals surface area (Å²) < 4.78 is 0. The topological polar surface area (TPSA) is 69.6 Å². The number of carbonyl (C=O) groups is 2. The van der Waals surface area contributed by atoms with E-state index in [-0.39, 0.29) is 6.03 Å². The van der Waals surface area contributed by atoms with Gasteiger partial charge in [0.05, 0.1) is 0 Å². The van der Waals surface area contributed by atoms with Gasteiger partial charge in [-0.25, -0.2) is 9.59 Å². The normalized spacial score (nSPS) is 17.0. The fraction of sp³-hybridized carbons (Fsp3) is 0.667. The van der Waals surface area contributed by atoms with Crippen molar-refractivity contribution in [1.82, 2.24) is 10.2 Å². The third-order valence-corrected chi connectivity index (χ3v) is 3.57. The van der Waals surface area contributed by atoms with Gasteiger partial charge in [0.15, 0.2) is 0 Å². The summed E-state index contributed by atoms with van der Waals surface area (Å²) in [5.74, 6) is -0.253. The van der Waals surface area contributed by atoms with Crippen LogP contribution in [0.2, 0.25) is 0 Å². The van der Waals surface area contributed by atoms with Crippen molar-refractivity contribution in [2.45, 2.75) is 25.8 Å². The van der Waals surface area contributed by atoms with Crippen LogP contribution in [0, 0.1) is 0 Å². The molecular weight excluding hydrogens is 252 g/mol. The van der Waals surface area contributed by atoms with Gasteiger partial charge in [0.1, 0.15) is 6.04 Å². The smallest absolute Gasteiger partial charge is 0.326 e. The van der Waals surface area contributed by atoms with E-state index < -0.39 is 12.0 Å². The highest BCUT2D eigenvalue weighted by Gasteiger charge is 2.23. The zero-order valence-electron chi connectivity index (χ0n) is 10.8. The van der Waals surface area contributed by atoms with Crippen LogP contribution < -0.4 is 5.32 Å². The lowest BCUT2D eigenvalue weighted by atomic mass is 10.1. The highest BCUT2D eigenvalue weighted by molar-refractivity contribution is 7.98. The molecule has 1 heterocycles. The van der Waals surface area contributed by atoms with Crippen molar-refractivity contribution in [3.63, 3.8) is 0 Å². The number of nitrogens with one attached hydrogen (secondary N) is 1. The number of hydrogen-bond donors (Lipinski definition) is 2. The van der Waals surface area contributed by atoms with Crippen molar-refractivity contribution < 1.29 is 14.7 Å². The van der Waals surface area contributed by atoms with E-state index >= 15 is 0 Å². The Morgan fingerprint density at radius 1 is 1.61 bits per heavy atom. The minimum absolute atomic E-state index is 0.285. The fourth-order valence-corrected chi connectivity index (χ4v) is 2.16. The number of aliphatic carboxylic acids is 1. The summed E-state index contributed by atoms with van der Waals surface area (Å²) in [6, 6.07) is -1.08. The van der Waals surface area contributed by atoms with Gasteiger partial charge in [-0.1, -0.05) is 11.6 Å². The molecule has 0 saturated heterocycles. The van der Waals surface area contributed by atoms with Gasteiger partial charge in [-0.05, 0) is 31.8 Å². The predicted molar refractivity (Wildman–Crippen MR) is 72.9 cm³/mol. The van der Waals surface area contributed by atoms with E-state index in [0.29, 0.717) is 19.5 Å². The lowest BCUT2D eigenvalue weighted by Crippen LogP contribution is -2.49. The maximum Gasteiger partial charge on any atom is 0.326 e. The monoisotopic (exact) mass is 272 g/mol. The molecule has 1 atom stereocenters. The molecule has 0 spiro atoms. The number of rotatable bonds is 5. The van der Waals surface area contributed by atoms with E-state index in [2.05, 4.69) is 5.32 Å². The van der Waals surface area contributed by atoms with E-state index in [0.717, 1.165) is 12.2 Å². The van der Waals surface area contributed by atoms with Gasteiger partial charge in [-0.2, -0.15) is 11.8 Å². The molecule has 0 aromatic rings. The van der Waals surface area contributed by atoms with Crippen molar-refractivity contribution in [1.29, 1.82) is 0 Å². The van der Waals surface area contributed by atoms with Crippen LogP contribution >= 0.6 is 11.8 Å². The number of urea groups is 1. The zero-order chi connectivity index (χ0) is 13.5. The van der Waals surface area contributed by atoms with Crippen molar-refractivity contribution >= 4 is 23.8 Å². The Kier molecular flexibility index (Phi) is 6.04. The van der Waals surface area contributed by atoms with Crippen LogP contribution in [-0.2, 0) is 4.79 Å². The Morgan fingerprint density at radius 3 is 2.83 bits per heavy atom. The van der Waals surface area contributed by atoms with Gasteiger partial charge in [0.2, 0.25) is 0 Å². The second-order valence-electron chi connectivity index (χ2n) is 4.37. The summed E-state index contributed by atoms with van der Waals surface area (Å²) in [6.07, 6.45) is 5.22. The molecule has 1 aliphatic rings. The molecule has 0 fully saturated rings. The molecule has 1 unspecified atom stereocenters. The van der Waals surface area contributed by atoms with Crippen LogP contribution in [0.25, 0.3) is 0 Å². The van der Waals surface area contributed by atoms with Gasteiger partial charge in [0.25, 0.3) is 0 Å². The standard InChI is InChI=1S/C12H20N2O3S/c1-9-3-6-14(7-4-9)12(17)13-10(11(15)16)5-8-18-2/h3,10H,4-8H2,1-2H3,(H,13,17)(H,15,16). The minimum atomic E-state index is -0.971. The first-order chi connectivity index (χ1) is 8.54. The van der Waals surface area contributed by atoms with E-state index in [1.807, 2.05) is 19.3 Å². The number of hydrogen-bond acceptors (Lipinski definition) is 3. The maximum atomic E-state index is 11.9. The van der Waals surface area contributed by atoms with Gasteiger partial charge in [-0.15, -0.1) is 0 Å². The number of thioether (sulfide) groups is 1. The summed E-state index contributed by atoms with van der Waals surface area (Å²) >= 11 is 1.57. The third kappa shape index (κ3) is 4.60. The molecule has 0 bridgehead atoms. The number of carboxylic acid groups (broad SMARTS) is 1. The Bertz CT molecular complexity index is 344. The van der Waals surface area contributed by atoms with Crippen LogP contribution in [0.3, 0.4) is 0 Å². The summed E-state index contributed by atoms with van der Waals surface area (Å²) in [5.41, 5.74) is 1.27. The van der Waals surface area contributed by atoms with E-state index in [1.165, 1.54) is 5.57 Å². The number of carboxylic acids is 1. The molecule has 1 rings (SSSR count). The fourth-order valence-electron chi connectivity index (χ4n) is 1.69. The summed E-state index contributed by atoms with van der Waals surface area (Å²) in [5, 5.41) is 11.6. The Balaban J connectivity index is 2.48. The molecule has 1 aliphatic heterocycles. The van der Waals surface area contributed by atoms with E-state index in [9.17, 15) is 9.59 Å². The molecule has 5 nitrogen and oxygen atoms in total. The van der Waals surface area contributed by atoms with Crippen LogP contribution in [-0.4, -0.2) is 53.1 Å². The first-order valence-electron chi connectivity index (χ1n) is 5.97. The lowest BCUT2D eigenvalue weighted by molar-refractivity contribution is -0.139. The van der Waals surface area contributed by atoms with Crippen molar-refractivity contribution in [2.75, 3.05) is 25.1 Å². The Hall–Kier alpha value is -1.17. The number of nitrogens with zero attached hydrogens (tertiary/aromatic N) is 1. The molecule has 0 aromatic carbocycles. The number of amides is 2. The van der Waals surface area contributed by atoms with Gasteiger partial charge in [0, 0.05) is 13.1 Å². The van der Waals surface area contributed by atoms with Gasteiger partial charge in [-0.3, -0.25) is 0 Å². The second kappa shape index (κ2) is 7.31.